The number of aryl methyl sites for hydroxylation is 1. The zero-order chi connectivity index (χ0) is 26.0. The Hall–Kier alpha value is -1.90. The highest BCUT2D eigenvalue weighted by Crippen LogP contribution is 2.34. The van der Waals surface area contributed by atoms with E-state index in [-0.39, 0.29) is 0 Å². The molecule has 0 saturated heterocycles. The maximum absolute atomic E-state index is 6.04. The van der Waals surface area contributed by atoms with Gasteiger partial charge in [0.15, 0.2) is 5.82 Å². The van der Waals surface area contributed by atoms with Gasteiger partial charge in [0.25, 0.3) is 0 Å². The number of hydrogen-bond acceptors (Lipinski definition) is 3. The lowest BCUT2D eigenvalue weighted by molar-refractivity contribution is 0.228. The summed E-state index contributed by atoms with van der Waals surface area (Å²) in [5.74, 6) is 3.68. The predicted octanol–water partition coefficient (Wildman–Crippen LogP) is 10.4. The molecule has 0 spiro atoms. The minimum Gasteiger partial charge on any atom is -0.494 e. The summed E-state index contributed by atoms with van der Waals surface area (Å²) in [5.41, 5.74) is 2.31. The Bertz CT molecular complexity index is 809. The summed E-state index contributed by atoms with van der Waals surface area (Å²) in [6, 6.07) is 8.30. The van der Waals surface area contributed by atoms with E-state index in [1.54, 1.807) is 0 Å². The van der Waals surface area contributed by atoms with Gasteiger partial charge in [-0.15, -0.1) is 0 Å². The van der Waals surface area contributed by atoms with E-state index in [0.717, 1.165) is 48.4 Å². The fraction of sp³-hybridized carbons (Fsp3) is 0.706. The van der Waals surface area contributed by atoms with Gasteiger partial charge < -0.3 is 4.74 Å². The molecule has 0 unspecified atom stereocenters. The van der Waals surface area contributed by atoms with Crippen molar-refractivity contribution in [2.24, 2.45) is 11.8 Å². The van der Waals surface area contributed by atoms with Crippen LogP contribution in [0, 0.1) is 11.8 Å². The third-order valence-corrected chi connectivity index (χ3v) is 8.34. The summed E-state index contributed by atoms with van der Waals surface area (Å²) in [4.78, 5) is 9.26. The maximum atomic E-state index is 6.04. The summed E-state index contributed by atoms with van der Waals surface area (Å²) >= 11 is 0. The predicted molar refractivity (Wildman–Crippen MR) is 158 cm³/mol. The third kappa shape index (κ3) is 12.0. The molecule has 0 atom stereocenters. The number of rotatable bonds is 19. The van der Waals surface area contributed by atoms with Gasteiger partial charge in [0, 0.05) is 18.0 Å². The number of benzene rings is 1. The first-order valence-electron chi connectivity index (χ1n) is 15.8. The molecule has 3 heteroatoms. The van der Waals surface area contributed by atoms with Gasteiger partial charge in [-0.2, -0.15) is 0 Å². The fourth-order valence-electron chi connectivity index (χ4n) is 5.85. The third-order valence-electron chi connectivity index (χ3n) is 8.34. The van der Waals surface area contributed by atoms with Gasteiger partial charge in [-0.1, -0.05) is 110 Å². The van der Waals surface area contributed by atoms with Crippen LogP contribution in [0.3, 0.4) is 0 Å². The van der Waals surface area contributed by atoms with Crippen molar-refractivity contribution < 1.29 is 4.74 Å². The van der Waals surface area contributed by atoms with Crippen LogP contribution in [0.2, 0.25) is 0 Å². The van der Waals surface area contributed by atoms with Gasteiger partial charge in [-0.05, 0) is 67.3 Å². The van der Waals surface area contributed by atoms with Crippen molar-refractivity contribution in [2.75, 3.05) is 6.61 Å². The molecule has 3 rings (SSSR count). The van der Waals surface area contributed by atoms with Crippen LogP contribution in [0.5, 0.6) is 5.75 Å². The van der Waals surface area contributed by atoms with Gasteiger partial charge in [0.05, 0.1) is 6.61 Å². The molecule has 1 fully saturated rings. The molecule has 206 valence electrons. The molecule has 0 amide bonds. The number of hydrogen-bond donors (Lipinski definition) is 0. The van der Waals surface area contributed by atoms with E-state index in [4.69, 9.17) is 4.74 Å². The molecular weight excluding hydrogens is 452 g/mol. The first kappa shape index (κ1) is 29.7. The summed E-state index contributed by atoms with van der Waals surface area (Å²) in [6.07, 6.45) is 29.8. The van der Waals surface area contributed by atoms with Gasteiger partial charge in [0.1, 0.15) is 5.75 Å². The number of ether oxygens (including phenoxy) is 1. The molecule has 0 bridgehead atoms. The lowest BCUT2D eigenvalue weighted by Gasteiger charge is -2.28. The van der Waals surface area contributed by atoms with E-state index in [2.05, 4.69) is 48.1 Å². The van der Waals surface area contributed by atoms with Crippen molar-refractivity contribution in [1.82, 2.24) is 9.97 Å². The zero-order valence-corrected chi connectivity index (χ0v) is 24.1. The Morgan fingerprint density at radius 1 is 0.649 bits per heavy atom. The molecule has 1 aliphatic rings. The van der Waals surface area contributed by atoms with E-state index in [0.29, 0.717) is 0 Å². The molecule has 0 aliphatic heterocycles. The standard InChI is InChI=1S/C34H54N2O/c1-3-5-7-8-9-10-11-13-16-31-27-35-34(36-28-31)32-22-24-33(25-23-32)37-26-14-17-30-20-18-29(19-21-30)15-12-6-4-2/h22-25,27-30H,3-21,26H2,1-2H3. The van der Waals surface area contributed by atoms with Crippen molar-refractivity contribution in [2.45, 2.75) is 136 Å². The minimum atomic E-state index is 0.802. The van der Waals surface area contributed by atoms with Crippen molar-refractivity contribution in [3.63, 3.8) is 0 Å². The molecule has 37 heavy (non-hydrogen) atoms. The molecule has 1 aromatic carbocycles. The quantitative estimate of drug-likeness (QED) is 0.178. The Kier molecular flexibility index (Phi) is 14.7. The monoisotopic (exact) mass is 506 g/mol. The van der Waals surface area contributed by atoms with Crippen LogP contribution < -0.4 is 4.74 Å². The highest BCUT2D eigenvalue weighted by Gasteiger charge is 2.20. The zero-order valence-electron chi connectivity index (χ0n) is 24.1. The van der Waals surface area contributed by atoms with Gasteiger partial charge in [-0.25, -0.2) is 9.97 Å². The van der Waals surface area contributed by atoms with Crippen molar-refractivity contribution >= 4 is 0 Å². The van der Waals surface area contributed by atoms with Gasteiger partial charge in [-0.3, -0.25) is 0 Å². The first-order valence-corrected chi connectivity index (χ1v) is 15.8. The lowest BCUT2D eigenvalue weighted by Crippen LogP contribution is -2.15. The highest BCUT2D eigenvalue weighted by atomic mass is 16.5. The van der Waals surface area contributed by atoms with Crippen LogP contribution in [0.1, 0.15) is 135 Å². The molecule has 3 nitrogen and oxygen atoms in total. The van der Waals surface area contributed by atoms with Crippen molar-refractivity contribution in [1.29, 1.82) is 0 Å². The molecular formula is C34H54N2O. The SMILES string of the molecule is CCCCCCCCCCc1cnc(-c2ccc(OCCCC3CCC(CCCCC)CC3)cc2)nc1. The Labute approximate surface area is 228 Å². The topological polar surface area (TPSA) is 35.0 Å². The minimum absolute atomic E-state index is 0.802. The Morgan fingerprint density at radius 3 is 1.81 bits per heavy atom. The Balaban J connectivity index is 1.27. The molecule has 0 N–H and O–H groups in total. The van der Waals surface area contributed by atoms with Crippen molar-refractivity contribution in [3.8, 4) is 17.1 Å². The van der Waals surface area contributed by atoms with Crippen LogP contribution in [0.4, 0.5) is 0 Å². The molecule has 1 aromatic heterocycles. The summed E-state index contributed by atoms with van der Waals surface area (Å²) in [6.45, 7) is 5.40. The van der Waals surface area contributed by atoms with Crippen LogP contribution in [-0.2, 0) is 6.42 Å². The van der Waals surface area contributed by atoms with Crippen LogP contribution >= 0.6 is 0 Å². The second-order valence-corrected chi connectivity index (χ2v) is 11.5. The summed E-state index contributed by atoms with van der Waals surface area (Å²) < 4.78 is 6.04. The number of aromatic nitrogens is 2. The molecule has 1 aliphatic carbocycles. The average molecular weight is 507 g/mol. The second kappa shape index (κ2) is 18.4. The summed E-state index contributed by atoms with van der Waals surface area (Å²) in [7, 11) is 0. The van der Waals surface area contributed by atoms with E-state index >= 15 is 0 Å². The highest BCUT2D eigenvalue weighted by molar-refractivity contribution is 5.55. The van der Waals surface area contributed by atoms with Gasteiger partial charge in [0.2, 0.25) is 0 Å². The van der Waals surface area contributed by atoms with Crippen LogP contribution in [-0.4, -0.2) is 16.6 Å². The molecule has 2 aromatic rings. The average Bonchev–Trinajstić information content (AvgIpc) is 2.94. The number of unbranched alkanes of at least 4 members (excludes halogenated alkanes) is 9. The fourth-order valence-corrected chi connectivity index (χ4v) is 5.85. The second-order valence-electron chi connectivity index (χ2n) is 11.5. The Morgan fingerprint density at radius 2 is 1.19 bits per heavy atom. The molecule has 0 radical (unpaired) electrons. The van der Waals surface area contributed by atoms with Crippen molar-refractivity contribution in [3.05, 3.63) is 42.2 Å². The molecule has 1 heterocycles. The van der Waals surface area contributed by atoms with Gasteiger partial charge >= 0.3 is 0 Å². The maximum Gasteiger partial charge on any atom is 0.159 e. The summed E-state index contributed by atoms with van der Waals surface area (Å²) in [5, 5.41) is 0. The smallest absolute Gasteiger partial charge is 0.159 e. The van der Waals surface area contributed by atoms with E-state index in [1.165, 1.54) is 115 Å². The molecule has 1 saturated carbocycles. The normalized spacial score (nSPS) is 17.7. The van der Waals surface area contributed by atoms with Crippen LogP contribution in [0.25, 0.3) is 11.4 Å². The van der Waals surface area contributed by atoms with Crippen LogP contribution in [0.15, 0.2) is 36.7 Å². The number of nitrogens with zero attached hydrogens (tertiary/aromatic N) is 2. The van der Waals surface area contributed by atoms with E-state index < -0.39 is 0 Å². The van der Waals surface area contributed by atoms with E-state index in [9.17, 15) is 0 Å². The first-order chi connectivity index (χ1) is 18.3. The largest absolute Gasteiger partial charge is 0.494 e. The van der Waals surface area contributed by atoms with E-state index in [1.807, 2.05) is 12.4 Å². The lowest BCUT2D eigenvalue weighted by atomic mass is 9.78.